The van der Waals surface area contributed by atoms with E-state index in [1.807, 2.05) is 54.0 Å². The molecule has 3 heterocycles. The summed E-state index contributed by atoms with van der Waals surface area (Å²) in [6, 6.07) is 14.8. The number of hydrogen-bond donors (Lipinski definition) is 1. The molecule has 150 valence electrons. The number of amides is 3. The molecule has 1 saturated heterocycles. The first kappa shape index (κ1) is 18.2. The molecular weight excluding hydrogens is 382 g/mol. The number of carbonyl (C=O) groups excluding carboxylic acids is 3. The summed E-state index contributed by atoms with van der Waals surface area (Å²) < 4.78 is 1.97. The SMILES string of the molecule is Cc1nnc(-c2ccc3c(c2)CN(C2CCC(=O)NC2=O)C3=O)n1-c1ccccc1. The molecule has 8 nitrogen and oxygen atoms in total. The predicted octanol–water partition coefficient (Wildman–Crippen LogP) is 2.00. The minimum atomic E-state index is -0.624. The van der Waals surface area contributed by atoms with Crippen molar-refractivity contribution < 1.29 is 14.4 Å². The van der Waals surface area contributed by atoms with Crippen molar-refractivity contribution in [2.75, 3.05) is 0 Å². The second-order valence-electron chi connectivity index (χ2n) is 7.51. The minimum Gasteiger partial charge on any atom is -0.322 e. The molecule has 3 aromatic rings. The molecule has 0 bridgehead atoms. The Morgan fingerprint density at radius 1 is 1.03 bits per heavy atom. The topological polar surface area (TPSA) is 97.2 Å². The zero-order valence-electron chi connectivity index (χ0n) is 16.3. The van der Waals surface area contributed by atoms with Crippen molar-refractivity contribution in [3.63, 3.8) is 0 Å². The van der Waals surface area contributed by atoms with Crippen LogP contribution in [-0.4, -0.2) is 43.4 Å². The van der Waals surface area contributed by atoms with Gasteiger partial charge in [-0.1, -0.05) is 24.3 Å². The monoisotopic (exact) mass is 401 g/mol. The molecule has 1 unspecified atom stereocenters. The summed E-state index contributed by atoms with van der Waals surface area (Å²) in [5, 5.41) is 10.9. The predicted molar refractivity (Wildman–Crippen MR) is 108 cm³/mol. The van der Waals surface area contributed by atoms with E-state index in [2.05, 4.69) is 15.5 Å². The van der Waals surface area contributed by atoms with Gasteiger partial charge in [-0.25, -0.2) is 0 Å². The number of nitrogens with one attached hydrogen (secondary N) is 1. The van der Waals surface area contributed by atoms with E-state index in [-0.39, 0.29) is 18.2 Å². The summed E-state index contributed by atoms with van der Waals surface area (Å²) in [5.74, 6) is 0.559. The fraction of sp³-hybridized carbons (Fsp3) is 0.227. The van der Waals surface area contributed by atoms with Crippen LogP contribution in [0, 0.1) is 6.92 Å². The van der Waals surface area contributed by atoms with Crippen molar-refractivity contribution in [1.29, 1.82) is 0 Å². The smallest absolute Gasteiger partial charge is 0.255 e. The largest absolute Gasteiger partial charge is 0.322 e. The van der Waals surface area contributed by atoms with Crippen LogP contribution in [0.3, 0.4) is 0 Å². The Hall–Kier alpha value is -3.81. The third-order valence-corrected chi connectivity index (χ3v) is 5.62. The Labute approximate surface area is 172 Å². The molecule has 2 aliphatic rings. The highest BCUT2D eigenvalue weighted by molar-refractivity contribution is 6.05. The Bertz CT molecular complexity index is 1180. The first-order valence-corrected chi connectivity index (χ1v) is 9.78. The zero-order valence-corrected chi connectivity index (χ0v) is 16.3. The van der Waals surface area contributed by atoms with Crippen molar-refractivity contribution in [1.82, 2.24) is 25.0 Å². The number of hydrogen-bond acceptors (Lipinski definition) is 5. The summed E-state index contributed by atoms with van der Waals surface area (Å²) in [6.45, 7) is 2.22. The lowest BCUT2D eigenvalue weighted by Crippen LogP contribution is -2.52. The normalized spacial score (nSPS) is 18.5. The molecule has 1 atom stereocenters. The molecule has 0 aliphatic carbocycles. The number of imide groups is 1. The van der Waals surface area contributed by atoms with Gasteiger partial charge in [-0.2, -0.15) is 0 Å². The van der Waals surface area contributed by atoms with Gasteiger partial charge in [0, 0.05) is 29.8 Å². The third kappa shape index (κ3) is 2.88. The number of carbonyl (C=O) groups is 3. The van der Waals surface area contributed by atoms with Crippen molar-refractivity contribution in [3.05, 3.63) is 65.5 Å². The fourth-order valence-electron chi connectivity index (χ4n) is 4.15. The lowest BCUT2D eigenvalue weighted by atomic mass is 10.0. The van der Waals surface area contributed by atoms with E-state index in [9.17, 15) is 14.4 Å². The number of piperidine rings is 1. The van der Waals surface area contributed by atoms with Crippen molar-refractivity contribution >= 4 is 17.7 Å². The number of nitrogens with zero attached hydrogens (tertiary/aromatic N) is 4. The van der Waals surface area contributed by atoms with E-state index in [4.69, 9.17) is 0 Å². The number of aryl methyl sites for hydroxylation is 1. The molecule has 1 N–H and O–H groups in total. The van der Waals surface area contributed by atoms with Crippen LogP contribution in [0.5, 0.6) is 0 Å². The zero-order chi connectivity index (χ0) is 20.8. The number of benzene rings is 2. The van der Waals surface area contributed by atoms with Crippen LogP contribution in [0.25, 0.3) is 17.1 Å². The Kier molecular flexibility index (Phi) is 4.20. The molecular formula is C22H19N5O3. The van der Waals surface area contributed by atoms with Crippen LogP contribution in [0.1, 0.15) is 34.6 Å². The molecule has 1 fully saturated rings. The van der Waals surface area contributed by atoms with Gasteiger partial charge in [-0.15, -0.1) is 10.2 Å². The average molecular weight is 401 g/mol. The third-order valence-electron chi connectivity index (χ3n) is 5.62. The molecule has 8 heteroatoms. The fourth-order valence-corrected chi connectivity index (χ4v) is 4.15. The van der Waals surface area contributed by atoms with E-state index in [1.54, 1.807) is 11.0 Å². The van der Waals surface area contributed by atoms with Gasteiger partial charge in [-0.3, -0.25) is 24.3 Å². The summed E-state index contributed by atoms with van der Waals surface area (Å²) >= 11 is 0. The number of rotatable bonds is 3. The van der Waals surface area contributed by atoms with E-state index < -0.39 is 11.9 Å². The summed E-state index contributed by atoms with van der Waals surface area (Å²) in [4.78, 5) is 38.1. The van der Waals surface area contributed by atoms with Gasteiger partial charge in [0.1, 0.15) is 11.9 Å². The highest BCUT2D eigenvalue weighted by Gasteiger charge is 2.39. The van der Waals surface area contributed by atoms with Gasteiger partial charge < -0.3 is 4.90 Å². The lowest BCUT2D eigenvalue weighted by Gasteiger charge is -2.29. The Morgan fingerprint density at radius 3 is 2.60 bits per heavy atom. The number of aromatic nitrogens is 3. The van der Waals surface area contributed by atoms with Crippen LogP contribution in [0.15, 0.2) is 48.5 Å². The molecule has 1 aromatic heterocycles. The first-order valence-electron chi connectivity index (χ1n) is 9.78. The Morgan fingerprint density at radius 2 is 1.83 bits per heavy atom. The number of para-hydroxylation sites is 1. The highest BCUT2D eigenvalue weighted by Crippen LogP contribution is 2.31. The summed E-state index contributed by atoms with van der Waals surface area (Å²) in [6.07, 6.45) is 0.583. The van der Waals surface area contributed by atoms with E-state index in [1.165, 1.54) is 0 Å². The molecule has 0 saturated carbocycles. The van der Waals surface area contributed by atoms with Gasteiger partial charge in [-0.05, 0) is 43.2 Å². The molecule has 0 radical (unpaired) electrons. The van der Waals surface area contributed by atoms with Crippen LogP contribution >= 0.6 is 0 Å². The summed E-state index contributed by atoms with van der Waals surface area (Å²) in [7, 11) is 0. The average Bonchev–Trinajstić information content (AvgIpc) is 3.28. The van der Waals surface area contributed by atoms with Crippen molar-refractivity contribution in [2.45, 2.75) is 32.4 Å². The van der Waals surface area contributed by atoms with Crippen LogP contribution in [0.4, 0.5) is 0 Å². The van der Waals surface area contributed by atoms with Gasteiger partial charge in [0.05, 0.1) is 0 Å². The maximum atomic E-state index is 12.9. The molecule has 2 aliphatic heterocycles. The first-order chi connectivity index (χ1) is 14.5. The van der Waals surface area contributed by atoms with Gasteiger partial charge in [0.25, 0.3) is 5.91 Å². The molecule has 3 amide bonds. The van der Waals surface area contributed by atoms with Crippen molar-refractivity contribution in [2.24, 2.45) is 0 Å². The maximum Gasteiger partial charge on any atom is 0.255 e. The second kappa shape index (κ2) is 6.91. The molecule has 30 heavy (non-hydrogen) atoms. The standard InChI is InChI=1S/C22H19N5O3/c1-13-24-25-20(27(13)16-5-3-2-4-6-16)14-7-8-17-15(11-14)12-26(22(17)30)18-9-10-19(28)23-21(18)29/h2-8,11,18H,9-10,12H2,1H3,(H,23,28,29). The molecule has 5 rings (SSSR count). The molecule has 0 spiro atoms. The maximum absolute atomic E-state index is 12.9. The highest BCUT2D eigenvalue weighted by atomic mass is 16.2. The van der Waals surface area contributed by atoms with Crippen LogP contribution < -0.4 is 5.32 Å². The quantitative estimate of drug-likeness (QED) is 0.677. The van der Waals surface area contributed by atoms with E-state index >= 15 is 0 Å². The van der Waals surface area contributed by atoms with Gasteiger partial charge >= 0.3 is 0 Å². The van der Waals surface area contributed by atoms with Crippen LogP contribution in [-0.2, 0) is 16.1 Å². The number of fused-ring (bicyclic) bond motifs is 1. The Balaban J connectivity index is 1.49. The van der Waals surface area contributed by atoms with Crippen LogP contribution in [0.2, 0.25) is 0 Å². The minimum absolute atomic E-state index is 0.188. The summed E-state index contributed by atoms with van der Waals surface area (Å²) in [5.41, 5.74) is 3.21. The van der Waals surface area contributed by atoms with Gasteiger partial charge in [0.15, 0.2) is 5.82 Å². The second-order valence-corrected chi connectivity index (χ2v) is 7.51. The lowest BCUT2D eigenvalue weighted by molar-refractivity contribution is -0.136. The van der Waals surface area contributed by atoms with Crippen molar-refractivity contribution in [3.8, 4) is 17.1 Å². The van der Waals surface area contributed by atoms with E-state index in [0.717, 1.165) is 22.6 Å². The molecule has 2 aromatic carbocycles. The van der Waals surface area contributed by atoms with E-state index in [0.29, 0.717) is 24.4 Å². The van der Waals surface area contributed by atoms with Gasteiger partial charge in [0.2, 0.25) is 11.8 Å².